The molecule has 5 nitrogen and oxygen atoms in total. The van der Waals surface area contributed by atoms with Gasteiger partial charge in [0, 0.05) is 37.3 Å². The van der Waals surface area contributed by atoms with Crippen molar-refractivity contribution in [3.05, 3.63) is 59.4 Å². The monoisotopic (exact) mass is 381 g/mol. The summed E-state index contributed by atoms with van der Waals surface area (Å²) in [5.41, 5.74) is 3.06. The van der Waals surface area contributed by atoms with Gasteiger partial charge in [-0.2, -0.15) is 0 Å². The number of ether oxygens (including phenoxy) is 1. The van der Waals surface area contributed by atoms with Crippen molar-refractivity contribution in [3.63, 3.8) is 0 Å². The largest absolute Gasteiger partial charge is 0.489 e. The summed E-state index contributed by atoms with van der Waals surface area (Å²) < 4.78 is 6.26. The molecule has 2 aromatic rings. The molecule has 150 valence electrons. The summed E-state index contributed by atoms with van der Waals surface area (Å²) in [4.78, 5) is 19.1. The minimum Gasteiger partial charge on any atom is -0.489 e. The molecule has 0 aliphatic carbocycles. The highest BCUT2D eigenvalue weighted by atomic mass is 16.5. The fourth-order valence-electron chi connectivity index (χ4n) is 3.55. The zero-order valence-corrected chi connectivity index (χ0v) is 17.0. The molecule has 0 saturated heterocycles. The van der Waals surface area contributed by atoms with E-state index < -0.39 is 0 Å². The van der Waals surface area contributed by atoms with Crippen LogP contribution < -0.4 is 10.1 Å². The second-order valence-electron chi connectivity index (χ2n) is 7.52. The van der Waals surface area contributed by atoms with E-state index in [0.29, 0.717) is 13.0 Å². The Morgan fingerprint density at radius 3 is 2.93 bits per heavy atom. The Balaban J connectivity index is 1.53. The van der Waals surface area contributed by atoms with Crippen LogP contribution in [0.4, 0.5) is 0 Å². The van der Waals surface area contributed by atoms with Crippen molar-refractivity contribution >= 4 is 5.91 Å². The average molecular weight is 382 g/mol. The summed E-state index contributed by atoms with van der Waals surface area (Å²) in [6.45, 7) is 7.06. The maximum absolute atomic E-state index is 12.3. The number of benzene rings is 1. The van der Waals surface area contributed by atoms with Gasteiger partial charge >= 0.3 is 0 Å². The Morgan fingerprint density at radius 1 is 1.25 bits per heavy atom. The number of aryl methyl sites for hydroxylation is 1. The SMILES string of the molecule is CCCC[C@@H]1CN(CCC(=O)NCc2cccc(C)n2)Cc2ccccc2O1. The summed E-state index contributed by atoms with van der Waals surface area (Å²) in [6.07, 6.45) is 4.03. The van der Waals surface area contributed by atoms with Gasteiger partial charge in [-0.25, -0.2) is 0 Å². The van der Waals surface area contributed by atoms with Gasteiger partial charge in [-0.05, 0) is 38.0 Å². The first-order valence-corrected chi connectivity index (χ1v) is 10.3. The number of rotatable bonds is 8. The second kappa shape index (κ2) is 10.2. The highest BCUT2D eigenvalue weighted by Gasteiger charge is 2.22. The molecule has 5 heteroatoms. The smallest absolute Gasteiger partial charge is 0.221 e. The number of carbonyl (C=O) groups excluding carboxylic acids is 1. The zero-order chi connectivity index (χ0) is 19.8. The standard InChI is InChI=1S/C23H31N3O2/c1-3-4-11-21-17-26(16-19-9-5-6-12-22(19)28-21)14-13-23(27)24-15-20-10-7-8-18(2)25-20/h5-10,12,21H,3-4,11,13-17H2,1-2H3,(H,24,27)/t21-/m1/s1. The summed E-state index contributed by atoms with van der Waals surface area (Å²) in [7, 11) is 0. The average Bonchev–Trinajstić information content (AvgIpc) is 2.88. The molecule has 0 fully saturated rings. The van der Waals surface area contributed by atoms with E-state index in [2.05, 4.69) is 34.3 Å². The van der Waals surface area contributed by atoms with Gasteiger partial charge in [-0.1, -0.05) is 37.6 Å². The maximum atomic E-state index is 12.3. The number of pyridine rings is 1. The van der Waals surface area contributed by atoms with Gasteiger partial charge in [0.25, 0.3) is 0 Å². The van der Waals surface area contributed by atoms with Crippen molar-refractivity contribution in [1.29, 1.82) is 0 Å². The molecule has 0 unspecified atom stereocenters. The van der Waals surface area contributed by atoms with Crippen LogP contribution in [-0.2, 0) is 17.9 Å². The van der Waals surface area contributed by atoms with Crippen LogP contribution in [0.1, 0.15) is 49.6 Å². The first kappa shape index (κ1) is 20.3. The van der Waals surface area contributed by atoms with Gasteiger partial charge in [-0.15, -0.1) is 0 Å². The van der Waals surface area contributed by atoms with Gasteiger partial charge in [0.05, 0.1) is 12.2 Å². The maximum Gasteiger partial charge on any atom is 0.221 e. The number of carbonyl (C=O) groups is 1. The topological polar surface area (TPSA) is 54.5 Å². The predicted octanol–water partition coefficient (Wildman–Crippen LogP) is 3.85. The number of nitrogens with one attached hydrogen (secondary N) is 1. The van der Waals surface area contributed by atoms with Crippen molar-refractivity contribution in [2.24, 2.45) is 0 Å². The molecule has 0 bridgehead atoms. The lowest BCUT2D eigenvalue weighted by atomic mass is 10.1. The molecule has 1 aliphatic rings. The molecule has 2 heterocycles. The van der Waals surface area contributed by atoms with E-state index in [-0.39, 0.29) is 12.0 Å². The zero-order valence-electron chi connectivity index (χ0n) is 17.0. The minimum atomic E-state index is 0.0619. The number of para-hydroxylation sites is 1. The van der Waals surface area contributed by atoms with Crippen LogP contribution in [-0.4, -0.2) is 35.0 Å². The number of hydrogen-bond acceptors (Lipinski definition) is 4. The minimum absolute atomic E-state index is 0.0619. The lowest BCUT2D eigenvalue weighted by Crippen LogP contribution is -2.35. The summed E-state index contributed by atoms with van der Waals surface area (Å²) >= 11 is 0. The van der Waals surface area contributed by atoms with Crippen molar-refractivity contribution in [2.75, 3.05) is 13.1 Å². The van der Waals surface area contributed by atoms with Crippen molar-refractivity contribution in [1.82, 2.24) is 15.2 Å². The molecule has 0 radical (unpaired) electrons. The fraction of sp³-hybridized carbons (Fsp3) is 0.478. The highest BCUT2D eigenvalue weighted by molar-refractivity contribution is 5.76. The van der Waals surface area contributed by atoms with E-state index in [0.717, 1.165) is 56.0 Å². The van der Waals surface area contributed by atoms with Gasteiger partial charge in [0.15, 0.2) is 0 Å². The number of amides is 1. The lowest BCUT2D eigenvalue weighted by Gasteiger charge is -2.23. The van der Waals surface area contributed by atoms with Gasteiger partial charge in [0.2, 0.25) is 5.91 Å². The predicted molar refractivity (Wildman–Crippen MR) is 111 cm³/mol. The van der Waals surface area contributed by atoms with Gasteiger partial charge in [0.1, 0.15) is 11.9 Å². The fourth-order valence-corrected chi connectivity index (χ4v) is 3.55. The third-order valence-corrected chi connectivity index (χ3v) is 5.07. The van der Waals surface area contributed by atoms with Gasteiger partial charge < -0.3 is 10.1 Å². The molecule has 0 saturated carbocycles. The van der Waals surface area contributed by atoms with Crippen LogP contribution in [0.3, 0.4) is 0 Å². The van der Waals surface area contributed by atoms with Crippen molar-refractivity contribution < 1.29 is 9.53 Å². The highest BCUT2D eigenvalue weighted by Crippen LogP contribution is 2.26. The number of nitrogens with zero attached hydrogens (tertiary/aromatic N) is 2. The van der Waals surface area contributed by atoms with E-state index in [1.807, 2.05) is 37.3 Å². The molecule has 1 amide bonds. The second-order valence-corrected chi connectivity index (χ2v) is 7.52. The Hall–Kier alpha value is -2.40. The summed E-state index contributed by atoms with van der Waals surface area (Å²) in [6, 6.07) is 14.1. The summed E-state index contributed by atoms with van der Waals surface area (Å²) in [5.74, 6) is 1.05. The van der Waals surface area contributed by atoms with Crippen LogP contribution >= 0.6 is 0 Å². The van der Waals surface area contributed by atoms with E-state index in [4.69, 9.17) is 4.74 Å². The number of unbranched alkanes of at least 4 members (excludes halogenated alkanes) is 1. The number of aromatic nitrogens is 1. The van der Waals surface area contributed by atoms with E-state index in [9.17, 15) is 4.79 Å². The molecular formula is C23H31N3O2. The van der Waals surface area contributed by atoms with Crippen LogP contribution in [0.5, 0.6) is 5.75 Å². The molecule has 1 aromatic carbocycles. The lowest BCUT2D eigenvalue weighted by molar-refractivity contribution is -0.121. The quantitative estimate of drug-likeness (QED) is 0.755. The summed E-state index contributed by atoms with van der Waals surface area (Å²) in [5, 5.41) is 2.99. The van der Waals surface area contributed by atoms with E-state index in [1.165, 1.54) is 5.56 Å². The van der Waals surface area contributed by atoms with Crippen molar-refractivity contribution in [2.45, 2.75) is 58.7 Å². The van der Waals surface area contributed by atoms with Crippen LogP contribution in [0.2, 0.25) is 0 Å². The Bertz CT molecular complexity index is 778. The van der Waals surface area contributed by atoms with E-state index >= 15 is 0 Å². The third kappa shape index (κ3) is 6.06. The molecule has 0 spiro atoms. The molecule has 1 N–H and O–H groups in total. The van der Waals surface area contributed by atoms with Crippen LogP contribution in [0.15, 0.2) is 42.5 Å². The normalized spacial score (nSPS) is 16.7. The third-order valence-electron chi connectivity index (χ3n) is 5.07. The van der Waals surface area contributed by atoms with Crippen LogP contribution in [0, 0.1) is 6.92 Å². The number of hydrogen-bond donors (Lipinski definition) is 1. The van der Waals surface area contributed by atoms with Crippen LogP contribution in [0.25, 0.3) is 0 Å². The molecule has 3 rings (SSSR count). The molecule has 1 aromatic heterocycles. The molecular weight excluding hydrogens is 350 g/mol. The number of fused-ring (bicyclic) bond motifs is 1. The molecule has 28 heavy (non-hydrogen) atoms. The first-order valence-electron chi connectivity index (χ1n) is 10.3. The first-order chi connectivity index (χ1) is 13.6. The molecule has 1 aliphatic heterocycles. The Morgan fingerprint density at radius 2 is 2.11 bits per heavy atom. The Labute approximate surface area is 168 Å². The van der Waals surface area contributed by atoms with E-state index in [1.54, 1.807) is 0 Å². The van der Waals surface area contributed by atoms with Gasteiger partial charge in [-0.3, -0.25) is 14.7 Å². The Kier molecular flexibility index (Phi) is 7.43. The van der Waals surface area contributed by atoms with Crippen molar-refractivity contribution in [3.8, 4) is 5.75 Å². The molecule has 1 atom stereocenters.